The molecule has 0 amide bonds. The molecule has 0 unspecified atom stereocenters. The third kappa shape index (κ3) is 3.20. The summed E-state index contributed by atoms with van der Waals surface area (Å²) in [7, 11) is 2.23. The molecule has 8 aromatic rings. The van der Waals surface area contributed by atoms with Crippen LogP contribution in [0.15, 0.2) is 121 Å². The van der Waals surface area contributed by atoms with Crippen molar-refractivity contribution < 1.29 is 0 Å². The number of hydrogen-bond acceptors (Lipinski definition) is 1. The smallest absolute Gasteiger partial charge is 0.139 e. The number of nitrogens with zero attached hydrogens (tertiary/aromatic N) is 1. The van der Waals surface area contributed by atoms with Gasteiger partial charge in [-0.2, -0.15) is 0 Å². The maximum atomic E-state index is 2.49. The molecule has 2 heterocycles. The first-order valence-electron chi connectivity index (χ1n) is 14.7. The molecule has 0 aliphatic heterocycles. The Labute approximate surface area is 250 Å². The first kappa shape index (κ1) is 24.0. The monoisotopic (exact) mass is 553 g/mol. The van der Waals surface area contributed by atoms with E-state index >= 15 is 0 Å². The van der Waals surface area contributed by atoms with E-state index in [1.165, 1.54) is 86.5 Å². The van der Waals surface area contributed by atoms with Crippen molar-refractivity contribution in [2.24, 2.45) is 0 Å². The maximum absolute atomic E-state index is 2.49. The highest BCUT2D eigenvalue weighted by molar-refractivity contribution is 7.26. The molecular weight excluding hydrogens is 525 g/mol. The van der Waals surface area contributed by atoms with Crippen LogP contribution in [0.1, 0.15) is 25.0 Å². The largest absolute Gasteiger partial charge is 0.309 e. The Morgan fingerprint density at radius 3 is 2.21 bits per heavy atom. The third-order valence-corrected chi connectivity index (χ3v) is 10.6. The summed E-state index contributed by atoms with van der Waals surface area (Å²) in [6, 6.07) is 45.3. The minimum Gasteiger partial charge on any atom is -0.309 e. The molecule has 2 aromatic heterocycles. The Balaban J connectivity index is 1.33. The van der Waals surface area contributed by atoms with Gasteiger partial charge in [-0.25, -0.2) is 0 Å². The fraction of sp³-hybridized carbons (Fsp3) is 0.0769. The van der Waals surface area contributed by atoms with Crippen molar-refractivity contribution in [3.63, 3.8) is 0 Å². The van der Waals surface area contributed by atoms with Gasteiger partial charge in [0.05, 0.1) is 11.0 Å². The van der Waals surface area contributed by atoms with Gasteiger partial charge in [0.1, 0.15) is 7.85 Å². The van der Waals surface area contributed by atoms with Gasteiger partial charge in [-0.3, -0.25) is 0 Å². The molecular formula is C39H28BNS. The molecule has 1 aliphatic carbocycles. The van der Waals surface area contributed by atoms with Crippen LogP contribution in [0, 0.1) is 0 Å². The summed E-state index contributed by atoms with van der Waals surface area (Å²) in [6.45, 7) is 4.74. The van der Waals surface area contributed by atoms with E-state index in [2.05, 4.69) is 148 Å². The molecule has 0 fully saturated rings. The lowest BCUT2D eigenvalue weighted by molar-refractivity contribution is 0.661. The zero-order valence-corrected chi connectivity index (χ0v) is 24.7. The van der Waals surface area contributed by atoms with Gasteiger partial charge in [-0.15, -0.1) is 11.3 Å². The lowest BCUT2D eigenvalue weighted by Gasteiger charge is -2.21. The molecule has 0 bridgehead atoms. The van der Waals surface area contributed by atoms with Gasteiger partial charge < -0.3 is 4.57 Å². The number of para-hydroxylation sites is 1. The lowest BCUT2D eigenvalue weighted by atomic mass is 9.82. The highest BCUT2D eigenvalue weighted by Gasteiger charge is 2.36. The van der Waals surface area contributed by atoms with Crippen molar-refractivity contribution in [2.75, 3.05) is 0 Å². The number of hydrogen-bond donors (Lipinski definition) is 0. The van der Waals surface area contributed by atoms with Gasteiger partial charge in [-0.1, -0.05) is 104 Å². The van der Waals surface area contributed by atoms with E-state index in [0.29, 0.717) is 0 Å². The van der Waals surface area contributed by atoms with E-state index < -0.39 is 0 Å². The molecule has 0 atom stereocenters. The SMILES string of the molecule is Bc1cc(-c2cccc3c2sc2ccccc23)cc(-n2c3ccccc3c3cc4c(cc32)C(C)(C)c2ccccc2-4)c1. The van der Waals surface area contributed by atoms with E-state index in [-0.39, 0.29) is 5.41 Å². The topological polar surface area (TPSA) is 4.93 Å². The van der Waals surface area contributed by atoms with Crippen LogP contribution < -0.4 is 5.46 Å². The molecule has 0 N–H and O–H groups in total. The molecule has 0 radical (unpaired) electrons. The molecule has 9 rings (SSSR count). The highest BCUT2D eigenvalue weighted by Crippen LogP contribution is 2.51. The Morgan fingerprint density at radius 2 is 1.31 bits per heavy atom. The molecule has 42 heavy (non-hydrogen) atoms. The maximum Gasteiger partial charge on any atom is 0.139 e. The standard InChI is InChI=1S/C39H28BNS/c1-39(2)33-15-6-3-10-27(33)31-21-32-28-11-4-7-16-35(28)41(36(32)22-34(31)39)25-19-23(18-24(40)20-25)26-13-9-14-30-29-12-5-8-17-37(29)42-38(26)30/h3-22H,40H2,1-2H3. The van der Waals surface area contributed by atoms with E-state index in [1.54, 1.807) is 0 Å². The predicted octanol–water partition coefficient (Wildman–Crippen LogP) is 9.38. The van der Waals surface area contributed by atoms with Gasteiger partial charge in [0, 0.05) is 42.0 Å². The number of rotatable bonds is 2. The molecule has 198 valence electrons. The summed E-state index contributed by atoms with van der Waals surface area (Å²) < 4.78 is 5.19. The van der Waals surface area contributed by atoms with Crippen molar-refractivity contribution in [1.82, 2.24) is 4.57 Å². The second-order valence-electron chi connectivity index (χ2n) is 12.3. The van der Waals surface area contributed by atoms with Crippen LogP contribution in [0.25, 0.3) is 69.9 Å². The zero-order valence-electron chi connectivity index (χ0n) is 23.9. The van der Waals surface area contributed by atoms with E-state index in [9.17, 15) is 0 Å². The van der Waals surface area contributed by atoms with Crippen LogP contribution in [0.5, 0.6) is 0 Å². The molecule has 0 spiro atoms. The third-order valence-electron chi connectivity index (χ3n) is 9.41. The van der Waals surface area contributed by atoms with Crippen molar-refractivity contribution in [1.29, 1.82) is 0 Å². The first-order valence-corrected chi connectivity index (χ1v) is 15.5. The van der Waals surface area contributed by atoms with Crippen LogP contribution in [0.4, 0.5) is 0 Å². The fourth-order valence-corrected chi connectivity index (χ4v) is 8.70. The molecule has 0 saturated heterocycles. The number of benzene rings is 6. The number of fused-ring (bicyclic) bond motifs is 9. The lowest BCUT2D eigenvalue weighted by Crippen LogP contribution is -2.15. The Morgan fingerprint density at radius 1 is 0.571 bits per heavy atom. The molecule has 3 heteroatoms. The minimum atomic E-state index is -0.0456. The van der Waals surface area contributed by atoms with E-state index in [1.807, 2.05) is 11.3 Å². The van der Waals surface area contributed by atoms with Crippen LogP contribution in [0.3, 0.4) is 0 Å². The first-order chi connectivity index (χ1) is 20.5. The van der Waals surface area contributed by atoms with Crippen molar-refractivity contribution >= 4 is 66.6 Å². The van der Waals surface area contributed by atoms with Crippen LogP contribution in [-0.2, 0) is 5.41 Å². The molecule has 0 saturated carbocycles. The van der Waals surface area contributed by atoms with Gasteiger partial charge >= 0.3 is 0 Å². The Kier molecular flexibility index (Phi) is 4.85. The Bertz CT molecular complexity index is 2400. The van der Waals surface area contributed by atoms with Gasteiger partial charge in [0.2, 0.25) is 0 Å². The average Bonchev–Trinajstić information content (AvgIpc) is 3.62. The summed E-state index contributed by atoms with van der Waals surface area (Å²) in [6.07, 6.45) is 0. The van der Waals surface area contributed by atoms with Crippen LogP contribution in [0.2, 0.25) is 0 Å². The molecule has 6 aromatic carbocycles. The van der Waals surface area contributed by atoms with Crippen molar-refractivity contribution in [3.05, 3.63) is 132 Å². The van der Waals surface area contributed by atoms with Crippen molar-refractivity contribution in [2.45, 2.75) is 19.3 Å². The fourth-order valence-electron chi connectivity index (χ4n) is 7.46. The predicted molar refractivity (Wildman–Crippen MR) is 185 cm³/mol. The summed E-state index contributed by atoms with van der Waals surface area (Å²) in [5.41, 5.74) is 13.1. The quantitative estimate of drug-likeness (QED) is 0.188. The second-order valence-corrected chi connectivity index (χ2v) is 13.3. The Hall–Kier alpha value is -4.60. The number of thiophene rings is 1. The molecule has 1 nitrogen and oxygen atoms in total. The normalized spacial score (nSPS) is 13.8. The van der Waals surface area contributed by atoms with E-state index in [4.69, 9.17) is 0 Å². The average molecular weight is 554 g/mol. The van der Waals surface area contributed by atoms with Crippen LogP contribution >= 0.6 is 11.3 Å². The molecule has 1 aliphatic rings. The van der Waals surface area contributed by atoms with Gasteiger partial charge in [0.25, 0.3) is 0 Å². The summed E-state index contributed by atoms with van der Waals surface area (Å²) in [5.74, 6) is 0. The zero-order chi connectivity index (χ0) is 28.2. The highest BCUT2D eigenvalue weighted by atomic mass is 32.1. The second kappa shape index (κ2) is 8.47. The summed E-state index contributed by atoms with van der Waals surface area (Å²) in [5, 5.41) is 5.29. The van der Waals surface area contributed by atoms with Crippen LogP contribution in [-0.4, -0.2) is 12.4 Å². The minimum absolute atomic E-state index is 0.0456. The van der Waals surface area contributed by atoms with Crippen molar-refractivity contribution in [3.8, 4) is 27.9 Å². The number of aromatic nitrogens is 1. The van der Waals surface area contributed by atoms with Gasteiger partial charge in [0.15, 0.2) is 0 Å². The summed E-state index contributed by atoms with van der Waals surface area (Å²) >= 11 is 1.90. The van der Waals surface area contributed by atoms with E-state index in [0.717, 1.165) is 0 Å². The summed E-state index contributed by atoms with van der Waals surface area (Å²) in [4.78, 5) is 0. The van der Waals surface area contributed by atoms with Gasteiger partial charge in [-0.05, 0) is 69.8 Å².